The SMILES string of the molecule is C=CCSCCNS(=O)(=O)c1ccccc1O. The maximum absolute atomic E-state index is 11.8. The van der Waals surface area contributed by atoms with Crippen LogP contribution in [0, 0.1) is 0 Å². The van der Waals surface area contributed by atoms with Gasteiger partial charge in [0.25, 0.3) is 0 Å². The Morgan fingerprint density at radius 2 is 2.12 bits per heavy atom. The van der Waals surface area contributed by atoms with Crippen molar-refractivity contribution < 1.29 is 13.5 Å². The standard InChI is InChI=1S/C11H15NO3S2/c1-2-8-16-9-7-12-17(14,15)11-6-4-3-5-10(11)13/h2-6,12-13H,1,7-9H2. The van der Waals surface area contributed by atoms with Gasteiger partial charge in [-0.15, -0.1) is 6.58 Å². The Bertz CT molecular complexity index is 471. The van der Waals surface area contributed by atoms with E-state index in [0.29, 0.717) is 12.3 Å². The van der Waals surface area contributed by atoms with Gasteiger partial charge in [0.2, 0.25) is 10.0 Å². The molecule has 0 heterocycles. The van der Waals surface area contributed by atoms with Crippen molar-refractivity contribution in [3.05, 3.63) is 36.9 Å². The van der Waals surface area contributed by atoms with Gasteiger partial charge in [-0.2, -0.15) is 11.8 Å². The Labute approximate surface area is 106 Å². The van der Waals surface area contributed by atoms with Crippen molar-refractivity contribution in [2.45, 2.75) is 4.90 Å². The summed E-state index contributed by atoms with van der Waals surface area (Å²) < 4.78 is 26.0. The highest BCUT2D eigenvalue weighted by Gasteiger charge is 2.16. The second-order valence-electron chi connectivity index (χ2n) is 3.23. The molecule has 17 heavy (non-hydrogen) atoms. The molecule has 6 heteroatoms. The summed E-state index contributed by atoms with van der Waals surface area (Å²) in [6.07, 6.45) is 1.77. The number of phenols is 1. The van der Waals surface area contributed by atoms with Crippen molar-refractivity contribution in [2.24, 2.45) is 0 Å². The molecule has 0 amide bonds. The van der Waals surface area contributed by atoms with Crippen molar-refractivity contribution in [1.29, 1.82) is 0 Å². The van der Waals surface area contributed by atoms with Crippen LogP contribution < -0.4 is 4.72 Å². The summed E-state index contributed by atoms with van der Waals surface area (Å²) in [5.74, 6) is 1.22. The minimum Gasteiger partial charge on any atom is -0.507 e. The first-order valence-corrected chi connectivity index (χ1v) is 7.68. The molecule has 1 rings (SSSR count). The third kappa shape index (κ3) is 4.41. The van der Waals surface area contributed by atoms with Crippen LogP contribution in [0.5, 0.6) is 5.75 Å². The normalized spacial score (nSPS) is 11.3. The summed E-state index contributed by atoms with van der Waals surface area (Å²) in [5.41, 5.74) is 0. The topological polar surface area (TPSA) is 66.4 Å². The first-order chi connectivity index (χ1) is 8.08. The van der Waals surface area contributed by atoms with Crippen LogP contribution in [0.4, 0.5) is 0 Å². The lowest BCUT2D eigenvalue weighted by molar-refractivity contribution is 0.458. The highest BCUT2D eigenvalue weighted by atomic mass is 32.2. The van der Waals surface area contributed by atoms with E-state index in [-0.39, 0.29) is 10.6 Å². The lowest BCUT2D eigenvalue weighted by Gasteiger charge is -2.07. The van der Waals surface area contributed by atoms with E-state index in [1.54, 1.807) is 30.0 Å². The highest BCUT2D eigenvalue weighted by Crippen LogP contribution is 2.20. The average Bonchev–Trinajstić information content (AvgIpc) is 2.29. The molecule has 0 fully saturated rings. The Morgan fingerprint density at radius 3 is 2.76 bits per heavy atom. The van der Waals surface area contributed by atoms with E-state index in [4.69, 9.17) is 0 Å². The second-order valence-corrected chi connectivity index (χ2v) is 6.11. The van der Waals surface area contributed by atoms with E-state index in [1.165, 1.54) is 12.1 Å². The number of benzene rings is 1. The maximum Gasteiger partial charge on any atom is 0.244 e. The van der Waals surface area contributed by atoms with Crippen LogP contribution in [0.15, 0.2) is 41.8 Å². The Hall–Kier alpha value is -0.980. The van der Waals surface area contributed by atoms with Gasteiger partial charge in [-0.1, -0.05) is 18.2 Å². The fourth-order valence-electron chi connectivity index (χ4n) is 1.18. The quantitative estimate of drug-likeness (QED) is 0.585. The summed E-state index contributed by atoms with van der Waals surface area (Å²) in [6, 6.07) is 5.87. The van der Waals surface area contributed by atoms with E-state index in [1.807, 2.05) is 0 Å². The Balaban J connectivity index is 2.58. The molecule has 1 aromatic rings. The number of phenolic OH excluding ortho intramolecular Hbond substituents is 1. The molecule has 0 aliphatic carbocycles. The zero-order chi connectivity index (χ0) is 12.7. The van der Waals surface area contributed by atoms with E-state index < -0.39 is 10.0 Å². The number of nitrogens with one attached hydrogen (secondary N) is 1. The molecule has 0 saturated heterocycles. The fraction of sp³-hybridized carbons (Fsp3) is 0.273. The molecule has 0 radical (unpaired) electrons. The van der Waals surface area contributed by atoms with Gasteiger partial charge in [0.15, 0.2) is 0 Å². The molecule has 4 nitrogen and oxygen atoms in total. The number of para-hydroxylation sites is 1. The van der Waals surface area contributed by atoms with E-state index in [0.717, 1.165) is 5.75 Å². The molecule has 0 aliphatic rings. The lowest BCUT2D eigenvalue weighted by atomic mass is 10.3. The number of sulfonamides is 1. The second kappa shape index (κ2) is 6.68. The van der Waals surface area contributed by atoms with Gasteiger partial charge in [-0.05, 0) is 12.1 Å². The van der Waals surface area contributed by atoms with Crippen molar-refractivity contribution in [2.75, 3.05) is 18.1 Å². The minimum absolute atomic E-state index is 0.0891. The van der Waals surface area contributed by atoms with Crippen LogP contribution in [0.1, 0.15) is 0 Å². The molecule has 0 saturated carbocycles. The minimum atomic E-state index is -3.62. The molecule has 94 valence electrons. The molecule has 0 aliphatic heterocycles. The summed E-state index contributed by atoms with van der Waals surface area (Å²) in [5, 5.41) is 9.45. The van der Waals surface area contributed by atoms with Crippen LogP contribution in [0.25, 0.3) is 0 Å². The van der Waals surface area contributed by atoms with Crippen LogP contribution in [-0.4, -0.2) is 31.6 Å². The summed E-state index contributed by atoms with van der Waals surface area (Å²) >= 11 is 1.59. The van der Waals surface area contributed by atoms with Crippen molar-refractivity contribution >= 4 is 21.8 Å². The molecule has 0 unspecified atom stereocenters. The Kier molecular flexibility index (Phi) is 5.54. The van der Waals surface area contributed by atoms with Crippen LogP contribution in [0.2, 0.25) is 0 Å². The summed E-state index contributed by atoms with van der Waals surface area (Å²) in [4.78, 5) is -0.0891. The van der Waals surface area contributed by atoms with Gasteiger partial charge >= 0.3 is 0 Å². The fourth-order valence-corrected chi connectivity index (χ4v) is 3.01. The van der Waals surface area contributed by atoms with Crippen molar-refractivity contribution in [3.63, 3.8) is 0 Å². The van der Waals surface area contributed by atoms with Crippen molar-refractivity contribution in [1.82, 2.24) is 4.72 Å². The molecule has 0 atom stereocenters. The molecule has 0 bridgehead atoms. The maximum atomic E-state index is 11.8. The predicted octanol–water partition coefficient (Wildman–Crippen LogP) is 1.59. The lowest BCUT2D eigenvalue weighted by Crippen LogP contribution is -2.26. The Morgan fingerprint density at radius 1 is 1.41 bits per heavy atom. The van der Waals surface area contributed by atoms with Gasteiger partial charge in [-0.3, -0.25) is 0 Å². The zero-order valence-corrected chi connectivity index (χ0v) is 10.9. The van der Waals surface area contributed by atoms with Gasteiger partial charge < -0.3 is 5.11 Å². The van der Waals surface area contributed by atoms with Gasteiger partial charge in [0.05, 0.1) is 0 Å². The molecule has 1 aromatic carbocycles. The summed E-state index contributed by atoms with van der Waals surface area (Å²) in [6.45, 7) is 3.90. The van der Waals surface area contributed by atoms with Gasteiger partial charge in [0, 0.05) is 18.1 Å². The van der Waals surface area contributed by atoms with Gasteiger partial charge in [-0.25, -0.2) is 13.1 Å². The summed E-state index contributed by atoms with van der Waals surface area (Å²) in [7, 11) is -3.62. The first kappa shape index (κ1) is 14.1. The van der Waals surface area contributed by atoms with E-state index in [2.05, 4.69) is 11.3 Å². The number of thioether (sulfide) groups is 1. The largest absolute Gasteiger partial charge is 0.507 e. The molecular formula is C11H15NO3S2. The average molecular weight is 273 g/mol. The number of aromatic hydroxyl groups is 1. The van der Waals surface area contributed by atoms with Crippen molar-refractivity contribution in [3.8, 4) is 5.75 Å². The molecular weight excluding hydrogens is 258 g/mol. The number of rotatable bonds is 7. The third-order valence-electron chi connectivity index (χ3n) is 1.93. The molecule has 0 aromatic heterocycles. The third-order valence-corrected chi connectivity index (χ3v) is 4.40. The monoisotopic (exact) mass is 273 g/mol. The van der Waals surface area contributed by atoms with Crippen LogP contribution >= 0.6 is 11.8 Å². The smallest absolute Gasteiger partial charge is 0.244 e. The van der Waals surface area contributed by atoms with E-state index >= 15 is 0 Å². The highest BCUT2D eigenvalue weighted by molar-refractivity contribution is 7.99. The van der Waals surface area contributed by atoms with Crippen LogP contribution in [-0.2, 0) is 10.0 Å². The number of hydrogen-bond acceptors (Lipinski definition) is 4. The van der Waals surface area contributed by atoms with Crippen LogP contribution in [0.3, 0.4) is 0 Å². The van der Waals surface area contributed by atoms with Gasteiger partial charge in [0.1, 0.15) is 10.6 Å². The first-order valence-electron chi connectivity index (χ1n) is 5.04. The predicted molar refractivity (Wildman–Crippen MR) is 70.8 cm³/mol. The van der Waals surface area contributed by atoms with E-state index in [9.17, 15) is 13.5 Å². The molecule has 2 N–H and O–H groups in total. The molecule has 0 spiro atoms. The number of hydrogen-bond donors (Lipinski definition) is 2. The zero-order valence-electron chi connectivity index (χ0n) is 9.30.